The number of hydrogen-bond donors (Lipinski definition) is 1. The van der Waals surface area contributed by atoms with E-state index < -0.39 is 0 Å². The topological polar surface area (TPSA) is 34.1 Å². The Balaban J connectivity index is 2.60. The number of pyridine rings is 1. The van der Waals surface area contributed by atoms with Gasteiger partial charge in [0, 0.05) is 30.0 Å². The van der Waals surface area contributed by atoms with Crippen LogP contribution in [0.25, 0.3) is 0 Å². The van der Waals surface area contributed by atoms with Gasteiger partial charge in [-0.05, 0) is 33.3 Å². The van der Waals surface area contributed by atoms with Crippen LogP contribution in [0.1, 0.15) is 32.8 Å². The first kappa shape index (κ1) is 13.7. The molecule has 0 bridgehead atoms. The number of aromatic nitrogens is 1. The summed E-state index contributed by atoms with van der Waals surface area (Å²) in [4.78, 5) is 4.13. The van der Waals surface area contributed by atoms with E-state index in [0.717, 1.165) is 24.3 Å². The second-order valence-corrected chi connectivity index (χ2v) is 5.01. The number of nitrogens with one attached hydrogen (secondary N) is 1. The molecule has 1 aromatic heterocycles. The summed E-state index contributed by atoms with van der Waals surface area (Å²) in [7, 11) is 0. The molecule has 0 spiro atoms. The standard InChI is InChI=1S/C14H22N2O/c1-5-6-9-17-13-7-8-15-10-12(13)11-16-14(2,3)4/h5,7-8,10,16H,1,6,9,11H2,2-4H3. The molecule has 94 valence electrons. The van der Waals surface area contributed by atoms with Crippen molar-refractivity contribution in [3.8, 4) is 5.75 Å². The summed E-state index contributed by atoms with van der Waals surface area (Å²) in [6, 6.07) is 1.91. The largest absolute Gasteiger partial charge is 0.493 e. The van der Waals surface area contributed by atoms with Gasteiger partial charge < -0.3 is 10.1 Å². The first-order valence-corrected chi connectivity index (χ1v) is 5.94. The van der Waals surface area contributed by atoms with Crippen LogP contribution in [0, 0.1) is 0 Å². The first-order chi connectivity index (χ1) is 8.03. The van der Waals surface area contributed by atoms with Crippen LogP contribution in [0.3, 0.4) is 0 Å². The third-order valence-electron chi connectivity index (χ3n) is 2.25. The molecule has 3 nitrogen and oxygen atoms in total. The molecule has 1 heterocycles. The van der Waals surface area contributed by atoms with Crippen molar-refractivity contribution in [1.82, 2.24) is 10.3 Å². The zero-order valence-corrected chi connectivity index (χ0v) is 11.0. The molecular weight excluding hydrogens is 212 g/mol. The summed E-state index contributed by atoms with van der Waals surface area (Å²) in [6.45, 7) is 11.5. The fourth-order valence-corrected chi connectivity index (χ4v) is 1.30. The highest BCUT2D eigenvalue weighted by Crippen LogP contribution is 2.17. The molecule has 0 aromatic carbocycles. The van der Waals surface area contributed by atoms with Crippen LogP contribution >= 0.6 is 0 Å². The van der Waals surface area contributed by atoms with Crippen molar-refractivity contribution >= 4 is 0 Å². The summed E-state index contributed by atoms with van der Waals surface area (Å²) in [6.07, 6.45) is 6.31. The maximum atomic E-state index is 5.69. The summed E-state index contributed by atoms with van der Waals surface area (Å²) in [5.74, 6) is 0.901. The van der Waals surface area contributed by atoms with Gasteiger partial charge in [-0.3, -0.25) is 4.98 Å². The lowest BCUT2D eigenvalue weighted by Gasteiger charge is -2.21. The van der Waals surface area contributed by atoms with E-state index in [-0.39, 0.29) is 5.54 Å². The van der Waals surface area contributed by atoms with Crippen LogP contribution in [-0.2, 0) is 6.54 Å². The number of ether oxygens (including phenoxy) is 1. The summed E-state index contributed by atoms with van der Waals surface area (Å²) in [5.41, 5.74) is 1.18. The maximum absolute atomic E-state index is 5.69. The predicted molar refractivity (Wildman–Crippen MR) is 71.1 cm³/mol. The number of nitrogens with zero attached hydrogens (tertiary/aromatic N) is 1. The second kappa shape index (κ2) is 6.40. The van der Waals surface area contributed by atoms with Gasteiger partial charge in [0.25, 0.3) is 0 Å². The van der Waals surface area contributed by atoms with Gasteiger partial charge in [-0.2, -0.15) is 0 Å². The number of rotatable bonds is 6. The Morgan fingerprint density at radius 3 is 2.88 bits per heavy atom. The molecular formula is C14H22N2O. The molecule has 0 aliphatic rings. The highest BCUT2D eigenvalue weighted by molar-refractivity contribution is 5.30. The van der Waals surface area contributed by atoms with Gasteiger partial charge in [0.1, 0.15) is 5.75 Å². The van der Waals surface area contributed by atoms with E-state index in [9.17, 15) is 0 Å². The van der Waals surface area contributed by atoms with Crippen LogP contribution < -0.4 is 10.1 Å². The van der Waals surface area contributed by atoms with Gasteiger partial charge in [0.2, 0.25) is 0 Å². The zero-order valence-electron chi connectivity index (χ0n) is 11.0. The van der Waals surface area contributed by atoms with Crippen molar-refractivity contribution in [2.45, 2.75) is 39.3 Å². The van der Waals surface area contributed by atoms with E-state index in [1.807, 2.05) is 18.3 Å². The van der Waals surface area contributed by atoms with Crippen LogP contribution in [-0.4, -0.2) is 17.1 Å². The Bertz CT molecular complexity index is 355. The molecule has 0 amide bonds. The minimum Gasteiger partial charge on any atom is -0.493 e. The highest BCUT2D eigenvalue weighted by Gasteiger charge is 2.10. The van der Waals surface area contributed by atoms with Gasteiger partial charge in [-0.25, -0.2) is 0 Å². The third-order valence-corrected chi connectivity index (χ3v) is 2.25. The molecule has 3 heteroatoms. The van der Waals surface area contributed by atoms with Crippen LogP contribution in [0.5, 0.6) is 5.75 Å². The molecule has 0 fully saturated rings. The molecule has 0 unspecified atom stereocenters. The van der Waals surface area contributed by atoms with Gasteiger partial charge in [0.05, 0.1) is 6.61 Å². The van der Waals surface area contributed by atoms with Gasteiger partial charge in [-0.1, -0.05) is 6.08 Å². The third kappa shape index (κ3) is 5.50. The average Bonchev–Trinajstić information content (AvgIpc) is 2.27. The SMILES string of the molecule is C=CCCOc1ccncc1CNC(C)(C)C. The summed E-state index contributed by atoms with van der Waals surface area (Å²) in [5, 5.41) is 3.43. The lowest BCUT2D eigenvalue weighted by Crippen LogP contribution is -2.35. The second-order valence-electron chi connectivity index (χ2n) is 5.01. The quantitative estimate of drug-likeness (QED) is 0.607. The average molecular weight is 234 g/mol. The molecule has 0 atom stereocenters. The normalized spacial score (nSPS) is 11.2. The minimum absolute atomic E-state index is 0.0915. The van der Waals surface area contributed by atoms with E-state index in [1.165, 1.54) is 0 Å². The van der Waals surface area contributed by atoms with Gasteiger partial charge in [-0.15, -0.1) is 6.58 Å². The van der Waals surface area contributed by atoms with Crippen LogP contribution in [0.15, 0.2) is 31.1 Å². The summed E-state index contributed by atoms with van der Waals surface area (Å²) < 4.78 is 5.69. The Kier molecular flexibility index (Phi) is 5.16. The molecule has 0 saturated heterocycles. The smallest absolute Gasteiger partial charge is 0.126 e. The minimum atomic E-state index is 0.0915. The van der Waals surface area contributed by atoms with Crippen molar-refractivity contribution in [1.29, 1.82) is 0 Å². The van der Waals surface area contributed by atoms with Crippen molar-refractivity contribution in [3.63, 3.8) is 0 Å². The lowest BCUT2D eigenvalue weighted by atomic mass is 10.1. The van der Waals surface area contributed by atoms with E-state index >= 15 is 0 Å². The predicted octanol–water partition coefficient (Wildman–Crippen LogP) is 2.92. The Hall–Kier alpha value is -1.35. The van der Waals surface area contributed by atoms with Gasteiger partial charge >= 0.3 is 0 Å². The number of hydrogen-bond acceptors (Lipinski definition) is 3. The first-order valence-electron chi connectivity index (χ1n) is 5.94. The fraction of sp³-hybridized carbons (Fsp3) is 0.500. The van der Waals surface area contributed by atoms with Crippen LogP contribution in [0.4, 0.5) is 0 Å². The molecule has 1 rings (SSSR count). The maximum Gasteiger partial charge on any atom is 0.126 e. The van der Waals surface area contributed by atoms with E-state index in [2.05, 4.69) is 37.7 Å². The van der Waals surface area contributed by atoms with E-state index in [1.54, 1.807) is 6.20 Å². The van der Waals surface area contributed by atoms with Gasteiger partial charge in [0.15, 0.2) is 0 Å². The molecule has 17 heavy (non-hydrogen) atoms. The Morgan fingerprint density at radius 2 is 2.24 bits per heavy atom. The Morgan fingerprint density at radius 1 is 1.47 bits per heavy atom. The zero-order chi connectivity index (χ0) is 12.7. The lowest BCUT2D eigenvalue weighted by molar-refractivity contribution is 0.317. The van der Waals surface area contributed by atoms with Crippen molar-refractivity contribution in [2.24, 2.45) is 0 Å². The van der Waals surface area contributed by atoms with E-state index in [0.29, 0.717) is 6.61 Å². The molecule has 0 aliphatic carbocycles. The Labute approximate surface area is 104 Å². The van der Waals surface area contributed by atoms with Crippen molar-refractivity contribution in [2.75, 3.05) is 6.61 Å². The van der Waals surface area contributed by atoms with Crippen molar-refractivity contribution in [3.05, 3.63) is 36.7 Å². The summed E-state index contributed by atoms with van der Waals surface area (Å²) >= 11 is 0. The molecule has 1 aromatic rings. The molecule has 0 radical (unpaired) electrons. The highest BCUT2D eigenvalue weighted by atomic mass is 16.5. The molecule has 1 N–H and O–H groups in total. The van der Waals surface area contributed by atoms with Crippen LogP contribution in [0.2, 0.25) is 0 Å². The molecule has 0 saturated carbocycles. The fourth-order valence-electron chi connectivity index (χ4n) is 1.30. The van der Waals surface area contributed by atoms with E-state index in [4.69, 9.17) is 4.74 Å². The van der Waals surface area contributed by atoms with Crippen molar-refractivity contribution < 1.29 is 4.74 Å². The molecule has 0 aliphatic heterocycles. The monoisotopic (exact) mass is 234 g/mol.